The summed E-state index contributed by atoms with van der Waals surface area (Å²) in [5.41, 5.74) is 1.59. The first-order valence-electron chi connectivity index (χ1n) is 12.1. The van der Waals surface area contributed by atoms with Crippen molar-refractivity contribution in [2.45, 2.75) is 25.8 Å². The van der Waals surface area contributed by atoms with Gasteiger partial charge in [0.1, 0.15) is 0 Å². The molecular formula is C27H33N3O5. The number of methoxy groups -OCH3 is 2. The Morgan fingerprint density at radius 3 is 2.31 bits per heavy atom. The van der Waals surface area contributed by atoms with Crippen molar-refractivity contribution >= 4 is 17.7 Å². The number of benzene rings is 2. The summed E-state index contributed by atoms with van der Waals surface area (Å²) in [4.78, 5) is 44.6. The molecule has 4 rings (SSSR count). The molecule has 8 nitrogen and oxygen atoms in total. The highest BCUT2D eigenvalue weighted by atomic mass is 16.5. The molecule has 0 aromatic heterocycles. The Morgan fingerprint density at radius 2 is 1.60 bits per heavy atom. The average molecular weight is 480 g/mol. The molecule has 0 saturated carbocycles. The van der Waals surface area contributed by atoms with E-state index in [1.54, 1.807) is 30.2 Å². The maximum absolute atomic E-state index is 13.3. The molecule has 0 bridgehead atoms. The van der Waals surface area contributed by atoms with Crippen LogP contribution in [-0.2, 0) is 9.59 Å². The fourth-order valence-electron chi connectivity index (χ4n) is 4.93. The largest absolute Gasteiger partial charge is 0.493 e. The van der Waals surface area contributed by atoms with Gasteiger partial charge in [-0.3, -0.25) is 14.4 Å². The van der Waals surface area contributed by atoms with Crippen LogP contribution in [0, 0.1) is 5.92 Å². The first-order valence-corrected chi connectivity index (χ1v) is 12.1. The first kappa shape index (κ1) is 24.6. The van der Waals surface area contributed by atoms with Crippen LogP contribution in [0.3, 0.4) is 0 Å². The van der Waals surface area contributed by atoms with Gasteiger partial charge in [-0.05, 0) is 37.1 Å². The predicted molar refractivity (Wildman–Crippen MR) is 131 cm³/mol. The predicted octanol–water partition coefficient (Wildman–Crippen LogP) is 2.99. The van der Waals surface area contributed by atoms with Crippen molar-refractivity contribution in [3.8, 4) is 11.5 Å². The average Bonchev–Trinajstić information content (AvgIpc) is 3.12. The second-order valence-corrected chi connectivity index (χ2v) is 9.07. The van der Waals surface area contributed by atoms with E-state index in [4.69, 9.17) is 9.47 Å². The van der Waals surface area contributed by atoms with E-state index in [1.807, 2.05) is 47.1 Å². The van der Waals surface area contributed by atoms with Crippen LogP contribution in [0.4, 0.5) is 0 Å². The van der Waals surface area contributed by atoms with Gasteiger partial charge in [-0.1, -0.05) is 30.3 Å². The molecule has 0 spiro atoms. The molecule has 8 heteroatoms. The van der Waals surface area contributed by atoms with Crippen LogP contribution >= 0.6 is 0 Å². The van der Waals surface area contributed by atoms with Crippen molar-refractivity contribution in [1.29, 1.82) is 0 Å². The van der Waals surface area contributed by atoms with Crippen molar-refractivity contribution in [2.24, 2.45) is 5.92 Å². The van der Waals surface area contributed by atoms with Gasteiger partial charge in [0, 0.05) is 44.7 Å². The van der Waals surface area contributed by atoms with Gasteiger partial charge in [-0.25, -0.2) is 0 Å². The van der Waals surface area contributed by atoms with Gasteiger partial charge in [-0.2, -0.15) is 0 Å². The minimum absolute atomic E-state index is 0.00141. The maximum Gasteiger partial charge on any atom is 0.254 e. The number of rotatable bonds is 6. The molecule has 3 amide bonds. The summed E-state index contributed by atoms with van der Waals surface area (Å²) in [5.74, 6) is 0.644. The molecule has 0 radical (unpaired) electrons. The number of carbonyl (C=O) groups is 3. The zero-order chi connectivity index (χ0) is 24.9. The second kappa shape index (κ2) is 10.8. The van der Waals surface area contributed by atoms with E-state index in [1.165, 1.54) is 7.11 Å². The fourth-order valence-corrected chi connectivity index (χ4v) is 4.93. The number of nitrogens with zero attached hydrogens (tertiary/aromatic N) is 3. The van der Waals surface area contributed by atoms with Gasteiger partial charge in [-0.15, -0.1) is 0 Å². The molecule has 0 aliphatic carbocycles. The Balaban J connectivity index is 1.37. The quantitative estimate of drug-likeness (QED) is 0.637. The van der Waals surface area contributed by atoms with E-state index in [9.17, 15) is 14.4 Å². The molecule has 186 valence electrons. The standard InChI is InChI=1S/C27H33N3O5/c1-19(20-8-5-4-6-9-20)30-18-22(17-25(30)31)27(33)29-13-7-12-28(14-15-29)26(32)21-10-11-23(34-2)24(16-21)35-3/h4-6,8-11,16,19,22H,7,12-15,17-18H2,1-3H3. The van der Waals surface area contributed by atoms with E-state index in [-0.39, 0.29) is 36.1 Å². The zero-order valence-electron chi connectivity index (χ0n) is 20.6. The lowest BCUT2D eigenvalue weighted by Gasteiger charge is -2.27. The number of likely N-dealkylation sites (tertiary alicyclic amines) is 1. The highest BCUT2D eigenvalue weighted by Crippen LogP contribution is 2.30. The number of amides is 3. The van der Waals surface area contributed by atoms with Crippen LogP contribution in [0.25, 0.3) is 0 Å². The van der Waals surface area contributed by atoms with Crippen LogP contribution in [0.1, 0.15) is 41.7 Å². The number of hydrogen-bond acceptors (Lipinski definition) is 5. The van der Waals surface area contributed by atoms with Crippen molar-refractivity contribution in [1.82, 2.24) is 14.7 Å². The van der Waals surface area contributed by atoms with Crippen molar-refractivity contribution < 1.29 is 23.9 Å². The van der Waals surface area contributed by atoms with Crippen molar-refractivity contribution in [3.63, 3.8) is 0 Å². The summed E-state index contributed by atoms with van der Waals surface area (Å²) in [5, 5.41) is 0. The van der Waals surface area contributed by atoms with Crippen LogP contribution < -0.4 is 9.47 Å². The topological polar surface area (TPSA) is 79.4 Å². The van der Waals surface area contributed by atoms with Gasteiger partial charge < -0.3 is 24.2 Å². The molecule has 35 heavy (non-hydrogen) atoms. The normalized spacial score (nSPS) is 19.3. The molecule has 2 aromatic carbocycles. The summed E-state index contributed by atoms with van der Waals surface area (Å²) in [7, 11) is 3.09. The lowest BCUT2D eigenvalue weighted by Crippen LogP contribution is -2.40. The summed E-state index contributed by atoms with van der Waals surface area (Å²) in [6, 6.07) is 14.9. The summed E-state index contributed by atoms with van der Waals surface area (Å²) in [6.07, 6.45) is 0.927. The van der Waals surface area contributed by atoms with Crippen LogP contribution in [0.5, 0.6) is 11.5 Å². The monoisotopic (exact) mass is 479 g/mol. The minimum atomic E-state index is -0.346. The molecular weight excluding hydrogens is 446 g/mol. The Labute approximate surface area is 206 Å². The lowest BCUT2D eigenvalue weighted by atomic mass is 10.1. The minimum Gasteiger partial charge on any atom is -0.493 e. The third-order valence-corrected chi connectivity index (χ3v) is 6.98. The third kappa shape index (κ3) is 5.26. The molecule has 2 atom stereocenters. The summed E-state index contributed by atoms with van der Waals surface area (Å²) < 4.78 is 10.6. The van der Waals surface area contributed by atoms with Gasteiger partial charge in [0.15, 0.2) is 11.5 Å². The van der Waals surface area contributed by atoms with E-state index < -0.39 is 0 Å². The third-order valence-electron chi connectivity index (χ3n) is 6.98. The van der Waals surface area contributed by atoms with E-state index in [0.717, 1.165) is 5.56 Å². The molecule has 0 N–H and O–H groups in total. The Kier molecular flexibility index (Phi) is 7.58. The highest BCUT2D eigenvalue weighted by Gasteiger charge is 2.39. The molecule has 2 aliphatic heterocycles. The molecule has 2 aromatic rings. The second-order valence-electron chi connectivity index (χ2n) is 9.07. The molecule has 2 aliphatic rings. The Hall–Kier alpha value is -3.55. The summed E-state index contributed by atoms with van der Waals surface area (Å²) in [6.45, 7) is 4.48. The number of hydrogen-bond donors (Lipinski definition) is 0. The molecule has 2 heterocycles. The lowest BCUT2D eigenvalue weighted by molar-refractivity contribution is -0.135. The van der Waals surface area contributed by atoms with Crippen LogP contribution in [0.15, 0.2) is 48.5 Å². The van der Waals surface area contributed by atoms with Gasteiger partial charge in [0.2, 0.25) is 11.8 Å². The van der Waals surface area contributed by atoms with Gasteiger partial charge in [0.25, 0.3) is 5.91 Å². The van der Waals surface area contributed by atoms with Gasteiger partial charge >= 0.3 is 0 Å². The Bertz CT molecular complexity index is 1070. The number of carbonyl (C=O) groups excluding carboxylic acids is 3. The van der Waals surface area contributed by atoms with E-state index >= 15 is 0 Å². The van der Waals surface area contributed by atoms with E-state index in [0.29, 0.717) is 56.2 Å². The van der Waals surface area contributed by atoms with Crippen molar-refractivity contribution in [2.75, 3.05) is 46.9 Å². The SMILES string of the molecule is COc1ccc(C(=O)N2CCCN(C(=O)C3CC(=O)N(C(C)c4ccccc4)C3)CC2)cc1OC. The molecule has 2 fully saturated rings. The number of ether oxygens (including phenoxy) is 2. The highest BCUT2D eigenvalue weighted by molar-refractivity contribution is 5.95. The maximum atomic E-state index is 13.3. The Morgan fingerprint density at radius 1 is 0.914 bits per heavy atom. The van der Waals surface area contributed by atoms with E-state index in [2.05, 4.69) is 0 Å². The fraction of sp³-hybridized carbons (Fsp3) is 0.444. The van der Waals surface area contributed by atoms with Crippen LogP contribution in [-0.4, -0.2) is 79.4 Å². The molecule has 2 unspecified atom stereocenters. The van der Waals surface area contributed by atoms with Crippen molar-refractivity contribution in [3.05, 3.63) is 59.7 Å². The molecule has 2 saturated heterocycles. The smallest absolute Gasteiger partial charge is 0.254 e. The summed E-state index contributed by atoms with van der Waals surface area (Å²) >= 11 is 0. The zero-order valence-corrected chi connectivity index (χ0v) is 20.6. The van der Waals surface area contributed by atoms with Gasteiger partial charge in [0.05, 0.1) is 26.2 Å². The first-order chi connectivity index (χ1) is 16.9. The van der Waals surface area contributed by atoms with Crippen LogP contribution in [0.2, 0.25) is 0 Å².